The van der Waals surface area contributed by atoms with Crippen LogP contribution in [0.1, 0.15) is 30.6 Å². The Labute approximate surface area is 125 Å². The van der Waals surface area contributed by atoms with E-state index in [1.54, 1.807) is 11.3 Å². The van der Waals surface area contributed by atoms with Crippen molar-refractivity contribution in [1.82, 2.24) is 4.72 Å². The van der Waals surface area contributed by atoms with E-state index in [0.717, 1.165) is 30.6 Å². The van der Waals surface area contributed by atoms with Gasteiger partial charge in [0.15, 0.2) is 0 Å². The van der Waals surface area contributed by atoms with Crippen molar-refractivity contribution < 1.29 is 8.42 Å². The first-order chi connectivity index (χ1) is 8.55. The van der Waals surface area contributed by atoms with E-state index in [-0.39, 0.29) is 30.2 Å². The largest absolute Gasteiger partial charge is 0.328 e. The highest BCUT2D eigenvalue weighted by Crippen LogP contribution is 2.18. The highest BCUT2D eigenvalue weighted by Gasteiger charge is 2.22. The van der Waals surface area contributed by atoms with Crippen molar-refractivity contribution in [2.75, 3.05) is 5.75 Å². The second-order valence-electron chi connectivity index (χ2n) is 4.88. The fraction of sp³-hybridized carbons (Fsp3) is 0.667. The fourth-order valence-corrected chi connectivity index (χ4v) is 4.43. The second kappa shape index (κ2) is 7.59. The smallest absolute Gasteiger partial charge is 0.212 e. The van der Waals surface area contributed by atoms with Gasteiger partial charge in [-0.2, -0.15) is 0 Å². The van der Waals surface area contributed by atoms with Crippen LogP contribution in [0.25, 0.3) is 0 Å². The number of aryl methyl sites for hydroxylation is 1. The molecule has 3 N–H and O–H groups in total. The average molecular weight is 325 g/mol. The molecule has 2 rings (SSSR count). The molecule has 0 unspecified atom stereocenters. The van der Waals surface area contributed by atoms with Gasteiger partial charge in [0.25, 0.3) is 0 Å². The minimum Gasteiger partial charge on any atom is -0.328 e. The highest BCUT2D eigenvalue weighted by molar-refractivity contribution is 7.89. The number of rotatable bonds is 5. The van der Waals surface area contributed by atoms with Gasteiger partial charge in [-0.3, -0.25) is 0 Å². The second-order valence-corrected chi connectivity index (χ2v) is 7.78. The molecule has 0 amide bonds. The van der Waals surface area contributed by atoms with Crippen LogP contribution >= 0.6 is 23.7 Å². The highest BCUT2D eigenvalue weighted by atomic mass is 35.5. The third-order valence-electron chi connectivity index (χ3n) is 3.32. The molecular weight excluding hydrogens is 304 g/mol. The standard InChI is InChI=1S/C12H20N2O2S2.ClH/c13-10-3-5-11(6-4-10)14-18(15,16)9-7-12-2-1-8-17-12;/h1-2,8,10-11,14H,3-7,9,13H2;1H. The molecular formula is C12H21ClN2O2S2. The quantitative estimate of drug-likeness (QED) is 0.869. The van der Waals surface area contributed by atoms with E-state index in [2.05, 4.69) is 4.72 Å². The van der Waals surface area contributed by atoms with Gasteiger partial charge in [0.05, 0.1) is 5.75 Å². The van der Waals surface area contributed by atoms with Crippen molar-refractivity contribution in [3.8, 4) is 0 Å². The van der Waals surface area contributed by atoms with Gasteiger partial charge in [0, 0.05) is 17.0 Å². The lowest BCUT2D eigenvalue weighted by atomic mass is 9.93. The van der Waals surface area contributed by atoms with E-state index in [1.807, 2.05) is 17.5 Å². The Balaban J connectivity index is 0.00000180. The summed E-state index contributed by atoms with van der Waals surface area (Å²) in [6.45, 7) is 0. The normalized spacial score (nSPS) is 23.8. The third kappa shape index (κ3) is 5.79. The zero-order chi connectivity index (χ0) is 13.0. The number of hydrogen-bond acceptors (Lipinski definition) is 4. The van der Waals surface area contributed by atoms with Gasteiger partial charge < -0.3 is 5.73 Å². The van der Waals surface area contributed by atoms with Crippen molar-refractivity contribution in [1.29, 1.82) is 0 Å². The van der Waals surface area contributed by atoms with Crippen LogP contribution in [0.3, 0.4) is 0 Å². The summed E-state index contributed by atoms with van der Waals surface area (Å²) in [6.07, 6.45) is 4.15. The van der Waals surface area contributed by atoms with Crippen molar-refractivity contribution >= 4 is 33.8 Å². The lowest BCUT2D eigenvalue weighted by molar-refractivity contribution is 0.373. The Kier molecular flexibility index (Phi) is 6.76. The van der Waals surface area contributed by atoms with Crippen LogP contribution in [0.15, 0.2) is 17.5 Å². The molecule has 19 heavy (non-hydrogen) atoms. The lowest BCUT2D eigenvalue weighted by Crippen LogP contribution is -2.41. The van der Waals surface area contributed by atoms with Gasteiger partial charge >= 0.3 is 0 Å². The molecule has 110 valence electrons. The van der Waals surface area contributed by atoms with Gasteiger partial charge in [0.2, 0.25) is 10.0 Å². The van der Waals surface area contributed by atoms with Crippen LogP contribution in [0.4, 0.5) is 0 Å². The van der Waals surface area contributed by atoms with Crippen LogP contribution < -0.4 is 10.5 Å². The Morgan fingerprint density at radius 3 is 2.58 bits per heavy atom. The number of nitrogens with one attached hydrogen (secondary N) is 1. The Morgan fingerprint density at radius 1 is 1.32 bits per heavy atom. The summed E-state index contributed by atoms with van der Waals surface area (Å²) in [5, 5.41) is 1.97. The first-order valence-corrected chi connectivity index (χ1v) is 8.86. The summed E-state index contributed by atoms with van der Waals surface area (Å²) >= 11 is 1.60. The maximum absolute atomic E-state index is 11.9. The van der Waals surface area contributed by atoms with Gasteiger partial charge in [-0.1, -0.05) is 6.07 Å². The van der Waals surface area contributed by atoms with E-state index < -0.39 is 10.0 Å². The van der Waals surface area contributed by atoms with E-state index in [1.165, 1.54) is 0 Å². The van der Waals surface area contributed by atoms with E-state index in [9.17, 15) is 8.42 Å². The molecule has 0 atom stereocenters. The van der Waals surface area contributed by atoms with Gasteiger partial charge in [-0.25, -0.2) is 13.1 Å². The molecule has 1 aliphatic rings. The first-order valence-electron chi connectivity index (χ1n) is 6.33. The minimum atomic E-state index is -3.16. The Bertz CT molecular complexity index is 454. The van der Waals surface area contributed by atoms with Crippen molar-refractivity contribution in [2.24, 2.45) is 5.73 Å². The van der Waals surface area contributed by atoms with Gasteiger partial charge in [0.1, 0.15) is 0 Å². The van der Waals surface area contributed by atoms with Gasteiger partial charge in [-0.15, -0.1) is 23.7 Å². The summed E-state index contributed by atoms with van der Waals surface area (Å²) in [5.74, 6) is 0.177. The molecule has 1 saturated carbocycles. The fourth-order valence-electron chi connectivity index (χ4n) is 2.24. The van der Waals surface area contributed by atoms with E-state index >= 15 is 0 Å². The minimum absolute atomic E-state index is 0. The summed E-state index contributed by atoms with van der Waals surface area (Å²) in [6, 6.07) is 4.25. The molecule has 1 heterocycles. The maximum atomic E-state index is 11.9. The Hall–Kier alpha value is -0.140. The predicted molar refractivity (Wildman–Crippen MR) is 82.4 cm³/mol. The van der Waals surface area contributed by atoms with E-state index in [0.29, 0.717) is 6.42 Å². The molecule has 0 saturated heterocycles. The Morgan fingerprint density at radius 2 is 2.00 bits per heavy atom. The molecule has 0 bridgehead atoms. The molecule has 1 aromatic heterocycles. The molecule has 7 heteroatoms. The van der Waals surface area contributed by atoms with Crippen LogP contribution in [0.2, 0.25) is 0 Å². The number of sulfonamides is 1. The van der Waals surface area contributed by atoms with Crippen LogP contribution in [-0.4, -0.2) is 26.3 Å². The summed E-state index contributed by atoms with van der Waals surface area (Å²) in [7, 11) is -3.16. The van der Waals surface area contributed by atoms with Crippen molar-refractivity contribution in [3.63, 3.8) is 0 Å². The third-order valence-corrected chi connectivity index (χ3v) is 5.69. The SMILES string of the molecule is Cl.NC1CCC(NS(=O)(=O)CCc2cccs2)CC1. The molecule has 0 aromatic carbocycles. The monoisotopic (exact) mass is 324 g/mol. The molecule has 0 spiro atoms. The summed E-state index contributed by atoms with van der Waals surface area (Å²) in [5.41, 5.74) is 5.81. The van der Waals surface area contributed by atoms with Crippen LogP contribution in [0.5, 0.6) is 0 Å². The van der Waals surface area contributed by atoms with Crippen LogP contribution in [0, 0.1) is 0 Å². The zero-order valence-corrected chi connectivity index (χ0v) is 13.2. The first kappa shape index (κ1) is 16.9. The molecule has 4 nitrogen and oxygen atoms in total. The average Bonchev–Trinajstić information content (AvgIpc) is 2.83. The lowest BCUT2D eigenvalue weighted by Gasteiger charge is -2.26. The van der Waals surface area contributed by atoms with Crippen molar-refractivity contribution in [3.05, 3.63) is 22.4 Å². The number of nitrogens with two attached hydrogens (primary N) is 1. The topological polar surface area (TPSA) is 72.2 Å². The van der Waals surface area contributed by atoms with E-state index in [4.69, 9.17) is 5.73 Å². The molecule has 1 aliphatic carbocycles. The summed E-state index contributed by atoms with van der Waals surface area (Å²) in [4.78, 5) is 1.12. The molecule has 0 aliphatic heterocycles. The molecule has 1 fully saturated rings. The maximum Gasteiger partial charge on any atom is 0.212 e. The van der Waals surface area contributed by atoms with Crippen LogP contribution in [-0.2, 0) is 16.4 Å². The zero-order valence-electron chi connectivity index (χ0n) is 10.7. The molecule has 1 aromatic rings. The van der Waals surface area contributed by atoms with Gasteiger partial charge in [-0.05, 0) is 43.6 Å². The summed E-state index contributed by atoms with van der Waals surface area (Å²) < 4.78 is 26.7. The number of thiophene rings is 1. The molecule has 0 radical (unpaired) electrons. The van der Waals surface area contributed by atoms with Crippen molar-refractivity contribution in [2.45, 2.75) is 44.2 Å². The number of halogens is 1. The predicted octanol–water partition coefficient (Wildman–Crippen LogP) is 1.90. The number of hydrogen-bond donors (Lipinski definition) is 2.